The number of nitrogens with zero attached hydrogens (tertiary/aromatic N) is 3. The van der Waals surface area contributed by atoms with Crippen LogP contribution in [-0.4, -0.2) is 47.4 Å². The monoisotopic (exact) mass is 569 g/mol. The number of anilines is 2. The van der Waals surface area contributed by atoms with Crippen molar-refractivity contribution < 1.29 is 19.1 Å². The molecule has 1 fully saturated rings. The van der Waals surface area contributed by atoms with Gasteiger partial charge in [0.1, 0.15) is 6.61 Å². The number of ether oxygens (including phenoxy) is 2. The van der Waals surface area contributed by atoms with E-state index in [4.69, 9.17) is 21.7 Å². The van der Waals surface area contributed by atoms with Gasteiger partial charge >= 0.3 is 5.97 Å². The Morgan fingerprint density at radius 3 is 2.46 bits per heavy atom. The summed E-state index contributed by atoms with van der Waals surface area (Å²) in [6.07, 6.45) is 1.78. The Morgan fingerprint density at radius 1 is 1.00 bits per heavy atom. The summed E-state index contributed by atoms with van der Waals surface area (Å²) in [6.45, 7) is 4.09. The maximum absolute atomic E-state index is 12.2. The molecule has 0 unspecified atom stereocenters. The fourth-order valence-corrected chi connectivity index (χ4v) is 5.70. The van der Waals surface area contributed by atoms with Crippen LogP contribution in [0.4, 0.5) is 11.4 Å². The van der Waals surface area contributed by atoms with Gasteiger partial charge in [0.25, 0.3) is 0 Å². The van der Waals surface area contributed by atoms with Gasteiger partial charge in [-0.05, 0) is 92.3 Å². The van der Waals surface area contributed by atoms with Crippen LogP contribution in [0.3, 0.4) is 0 Å². The second kappa shape index (κ2) is 11.9. The molecule has 210 valence electrons. The smallest absolute Gasteiger partial charge is 0.337 e. The van der Waals surface area contributed by atoms with Crippen molar-refractivity contribution in [2.24, 2.45) is 0 Å². The van der Waals surface area contributed by atoms with Crippen LogP contribution >= 0.6 is 12.2 Å². The van der Waals surface area contributed by atoms with Gasteiger partial charge in [0.2, 0.25) is 5.91 Å². The van der Waals surface area contributed by atoms with Gasteiger partial charge in [0.05, 0.1) is 30.5 Å². The van der Waals surface area contributed by atoms with E-state index in [-0.39, 0.29) is 30.6 Å². The standard InChI is InChI=1S/C31H31N5O4S/c1-19-16-25(20(2)35(19)24-9-7-8-21(17-24)30(38)40-4)29-28(26-10-5-6-15-32-26)34-31(41)36(29)23-13-11-22(12-14-23)33-27(37)18-39-3/h5-17,28-29H,18H2,1-4H3,(H,33,37)(H,34,41)/t28-,29+/m1/s1. The minimum Gasteiger partial charge on any atom is -0.465 e. The topological polar surface area (TPSA) is 97.7 Å². The number of thiocarbonyl (C=S) groups is 1. The number of carbonyl (C=O) groups is 2. The molecule has 1 saturated heterocycles. The Labute approximate surface area is 244 Å². The third-order valence-corrected chi connectivity index (χ3v) is 7.43. The molecule has 10 heteroatoms. The van der Waals surface area contributed by atoms with Crippen molar-refractivity contribution in [1.82, 2.24) is 14.9 Å². The van der Waals surface area contributed by atoms with Crippen LogP contribution in [0.1, 0.15) is 45.1 Å². The minimum absolute atomic E-state index is 0.0200. The Bertz CT molecular complexity index is 1590. The largest absolute Gasteiger partial charge is 0.465 e. The third kappa shape index (κ3) is 5.57. The predicted octanol–water partition coefficient (Wildman–Crippen LogP) is 5.04. The highest BCUT2D eigenvalue weighted by Gasteiger charge is 2.42. The van der Waals surface area contributed by atoms with E-state index in [0.29, 0.717) is 16.4 Å². The first-order valence-corrected chi connectivity index (χ1v) is 13.5. The van der Waals surface area contributed by atoms with Gasteiger partial charge in [-0.15, -0.1) is 0 Å². The van der Waals surface area contributed by atoms with Gasteiger partial charge in [-0.2, -0.15) is 0 Å². The lowest BCUT2D eigenvalue weighted by Gasteiger charge is -2.28. The summed E-state index contributed by atoms with van der Waals surface area (Å²) in [5.74, 6) is -0.612. The normalized spacial score (nSPS) is 16.4. The summed E-state index contributed by atoms with van der Waals surface area (Å²) in [5.41, 5.74) is 6.81. The molecule has 9 nitrogen and oxygen atoms in total. The van der Waals surface area contributed by atoms with Crippen LogP contribution in [0.15, 0.2) is 79.0 Å². The van der Waals surface area contributed by atoms with Crippen molar-refractivity contribution in [2.75, 3.05) is 31.0 Å². The molecule has 2 aromatic carbocycles. The highest BCUT2D eigenvalue weighted by atomic mass is 32.1. The Hall–Kier alpha value is -4.54. The quantitative estimate of drug-likeness (QED) is 0.225. The van der Waals surface area contributed by atoms with Gasteiger partial charge in [0.15, 0.2) is 5.11 Å². The average molecular weight is 570 g/mol. The maximum atomic E-state index is 12.2. The fourth-order valence-electron chi connectivity index (χ4n) is 5.36. The first-order chi connectivity index (χ1) is 19.8. The zero-order valence-corrected chi connectivity index (χ0v) is 24.1. The van der Waals surface area contributed by atoms with Gasteiger partial charge in [-0.25, -0.2) is 4.79 Å². The van der Waals surface area contributed by atoms with Crippen LogP contribution in [0.2, 0.25) is 0 Å². The summed E-state index contributed by atoms with van der Waals surface area (Å²) in [4.78, 5) is 31.0. The number of aryl methyl sites for hydroxylation is 1. The van der Waals surface area contributed by atoms with E-state index in [0.717, 1.165) is 34.0 Å². The minimum atomic E-state index is -0.386. The lowest BCUT2D eigenvalue weighted by atomic mass is 9.96. The average Bonchev–Trinajstić information content (AvgIpc) is 3.48. The highest BCUT2D eigenvalue weighted by Crippen LogP contribution is 2.44. The van der Waals surface area contributed by atoms with Crippen LogP contribution in [0, 0.1) is 13.8 Å². The molecule has 0 aliphatic carbocycles. The lowest BCUT2D eigenvalue weighted by molar-refractivity contribution is -0.119. The first-order valence-electron chi connectivity index (χ1n) is 13.1. The van der Waals surface area contributed by atoms with Gasteiger partial charge in [-0.1, -0.05) is 12.1 Å². The van der Waals surface area contributed by atoms with Crippen LogP contribution in [-0.2, 0) is 14.3 Å². The highest BCUT2D eigenvalue weighted by molar-refractivity contribution is 7.80. The molecule has 1 aliphatic rings. The maximum Gasteiger partial charge on any atom is 0.337 e. The van der Waals surface area contributed by atoms with E-state index >= 15 is 0 Å². The van der Waals surface area contributed by atoms with Crippen LogP contribution in [0.5, 0.6) is 0 Å². The van der Waals surface area contributed by atoms with Crippen molar-refractivity contribution in [1.29, 1.82) is 0 Å². The number of nitrogens with one attached hydrogen (secondary N) is 2. The summed E-state index contributed by atoms with van der Waals surface area (Å²) >= 11 is 5.89. The van der Waals surface area contributed by atoms with Crippen molar-refractivity contribution in [2.45, 2.75) is 25.9 Å². The molecule has 0 radical (unpaired) electrons. The lowest BCUT2D eigenvalue weighted by Crippen LogP contribution is -2.29. The molecule has 5 rings (SSSR count). The summed E-state index contributed by atoms with van der Waals surface area (Å²) in [5, 5.41) is 6.89. The number of aromatic nitrogens is 2. The number of hydrogen-bond donors (Lipinski definition) is 2. The summed E-state index contributed by atoms with van der Waals surface area (Å²) in [7, 11) is 2.86. The van der Waals surface area contributed by atoms with Gasteiger partial charge < -0.3 is 29.6 Å². The van der Waals surface area contributed by atoms with Crippen molar-refractivity contribution in [3.63, 3.8) is 0 Å². The number of carbonyl (C=O) groups excluding carboxylic acids is 2. The molecule has 0 saturated carbocycles. The molecule has 1 amide bonds. The van der Waals surface area contributed by atoms with E-state index in [1.807, 2.05) is 67.6 Å². The zero-order valence-electron chi connectivity index (χ0n) is 23.3. The summed E-state index contributed by atoms with van der Waals surface area (Å²) in [6, 6.07) is 22.5. The second-order valence-electron chi connectivity index (χ2n) is 9.73. The van der Waals surface area contributed by atoms with Crippen molar-refractivity contribution in [3.8, 4) is 5.69 Å². The van der Waals surface area contributed by atoms with E-state index in [1.165, 1.54) is 14.2 Å². The SMILES string of the molecule is COCC(=O)Nc1ccc(N2C(=S)N[C@H](c3ccccn3)[C@@H]2c2cc(C)n(-c3cccc(C(=O)OC)c3)c2C)cc1. The van der Waals surface area contributed by atoms with E-state index in [1.54, 1.807) is 12.3 Å². The molecule has 0 spiro atoms. The number of benzene rings is 2. The number of hydrogen-bond acceptors (Lipinski definition) is 6. The van der Waals surface area contributed by atoms with E-state index in [9.17, 15) is 9.59 Å². The molecule has 1 aliphatic heterocycles. The number of pyridine rings is 1. The second-order valence-corrected chi connectivity index (χ2v) is 10.1. The number of rotatable bonds is 8. The van der Waals surface area contributed by atoms with E-state index < -0.39 is 0 Å². The molecule has 2 N–H and O–H groups in total. The molecule has 2 aromatic heterocycles. The number of amides is 1. The summed E-state index contributed by atoms with van der Waals surface area (Å²) < 4.78 is 12.0. The molecular formula is C31H31N5O4S. The van der Waals surface area contributed by atoms with Gasteiger partial charge in [-0.3, -0.25) is 9.78 Å². The Morgan fingerprint density at radius 2 is 1.78 bits per heavy atom. The Kier molecular flexibility index (Phi) is 8.14. The third-order valence-electron chi connectivity index (χ3n) is 7.12. The van der Waals surface area contributed by atoms with Crippen molar-refractivity contribution >= 4 is 40.6 Å². The molecule has 41 heavy (non-hydrogen) atoms. The Balaban J connectivity index is 1.58. The van der Waals surface area contributed by atoms with Crippen LogP contribution in [0.25, 0.3) is 5.69 Å². The fraction of sp³-hybridized carbons (Fsp3) is 0.226. The molecule has 4 aromatic rings. The molecular weight excluding hydrogens is 538 g/mol. The van der Waals surface area contributed by atoms with Gasteiger partial charge in [0, 0.05) is 41.8 Å². The first kappa shape index (κ1) is 28.0. The predicted molar refractivity (Wildman–Crippen MR) is 161 cm³/mol. The van der Waals surface area contributed by atoms with Crippen LogP contribution < -0.4 is 15.5 Å². The zero-order chi connectivity index (χ0) is 29.1. The molecule has 0 bridgehead atoms. The van der Waals surface area contributed by atoms with Crippen molar-refractivity contribution in [3.05, 3.63) is 107 Å². The number of methoxy groups -OCH3 is 2. The molecule has 2 atom stereocenters. The van der Waals surface area contributed by atoms with E-state index in [2.05, 4.69) is 38.1 Å². The molecule has 3 heterocycles. The number of esters is 1.